The molecule has 0 aliphatic rings. The van der Waals surface area contributed by atoms with Crippen LogP contribution in [0.2, 0.25) is 0 Å². The van der Waals surface area contributed by atoms with Crippen molar-refractivity contribution in [2.24, 2.45) is 0 Å². The van der Waals surface area contributed by atoms with Gasteiger partial charge in [0, 0.05) is 11.1 Å². The molecule has 2 aromatic heterocycles. The summed E-state index contributed by atoms with van der Waals surface area (Å²) in [6.07, 6.45) is 1.90. The Morgan fingerprint density at radius 2 is 1.80 bits per heavy atom. The maximum atomic E-state index is 4.65. The third kappa shape index (κ3) is 2.49. The zero-order valence-electron chi connectivity index (χ0n) is 11.7. The highest BCUT2D eigenvalue weighted by Crippen LogP contribution is 2.24. The molecule has 3 rings (SSSR count). The number of para-hydroxylation sites is 2. The van der Waals surface area contributed by atoms with Crippen LogP contribution in [0.4, 0.5) is 5.82 Å². The number of anilines is 1. The van der Waals surface area contributed by atoms with Gasteiger partial charge in [-0.3, -0.25) is 0 Å². The summed E-state index contributed by atoms with van der Waals surface area (Å²) in [7, 11) is 0. The van der Waals surface area contributed by atoms with Crippen molar-refractivity contribution in [1.29, 1.82) is 0 Å². The molecule has 0 saturated carbocycles. The molecule has 1 N–H and O–H groups in total. The predicted molar refractivity (Wildman–Crippen MR) is 83.2 cm³/mol. The lowest BCUT2D eigenvalue weighted by atomic mass is 10.2. The highest BCUT2D eigenvalue weighted by molar-refractivity contribution is 7.11. The first kappa shape index (κ1) is 13.0. The molecule has 1 atom stereocenters. The summed E-state index contributed by atoms with van der Waals surface area (Å²) < 4.78 is 0. The molecule has 3 aromatic rings. The summed E-state index contributed by atoms with van der Waals surface area (Å²) in [6, 6.07) is 8.04. The van der Waals surface area contributed by atoms with Crippen molar-refractivity contribution >= 4 is 28.2 Å². The highest BCUT2D eigenvalue weighted by Gasteiger charge is 2.12. The number of hydrogen-bond acceptors (Lipinski definition) is 5. The number of nitrogens with zero attached hydrogens (tertiary/aromatic N) is 3. The Morgan fingerprint density at radius 1 is 1.10 bits per heavy atom. The van der Waals surface area contributed by atoms with Gasteiger partial charge in [0.05, 0.1) is 22.8 Å². The maximum absolute atomic E-state index is 4.65. The van der Waals surface area contributed by atoms with Crippen LogP contribution < -0.4 is 5.32 Å². The first-order chi connectivity index (χ1) is 9.63. The lowest BCUT2D eigenvalue weighted by molar-refractivity contribution is 0.856. The molecule has 0 aliphatic heterocycles. The Labute approximate surface area is 121 Å². The van der Waals surface area contributed by atoms with Crippen LogP contribution >= 0.6 is 11.3 Å². The number of rotatable bonds is 3. The van der Waals surface area contributed by atoms with Crippen LogP contribution in [0.1, 0.15) is 28.5 Å². The molecule has 0 bridgehead atoms. The van der Waals surface area contributed by atoms with Crippen molar-refractivity contribution in [3.05, 3.63) is 46.0 Å². The molecule has 0 spiro atoms. The largest absolute Gasteiger partial charge is 0.360 e. The second-order valence-electron chi connectivity index (χ2n) is 4.82. The summed E-state index contributed by atoms with van der Waals surface area (Å²) in [5.41, 5.74) is 2.74. The number of hydrogen-bond donors (Lipinski definition) is 1. The zero-order chi connectivity index (χ0) is 14.1. The van der Waals surface area contributed by atoms with Crippen molar-refractivity contribution in [3.63, 3.8) is 0 Å². The summed E-state index contributed by atoms with van der Waals surface area (Å²) in [4.78, 5) is 14.9. The van der Waals surface area contributed by atoms with Gasteiger partial charge in [-0.25, -0.2) is 15.0 Å². The Hall–Kier alpha value is -2.01. The molecule has 102 valence electrons. The lowest BCUT2D eigenvalue weighted by Crippen LogP contribution is -2.09. The average molecular weight is 284 g/mol. The molecule has 0 amide bonds. The Kier molecular flexibility index (Phi) is 3.36. The van der Waals surface area contributed by atoms with E-state index >= 15 is 0 Å². The van der Waals surface area contributed by atoms with E-state index in [-0.39, 0.29) is 6.04 Å². The fraction of sp³-hybridized carbons (Fsp3) is 0.267. The second kappa shape index (κ2) is 5.17. The van der Waals surface area contributed by atoms with Crippen molar-refractivity contribution in [3.8, 4) is 0 Å². The molecule has 1 aromatic carbocycles. The number of benzene rings is 1. The number of thiazole rings is 1. The summed E-state index contributed by atoms with van der Waals surface area (Å²) in [5, 5.41) is 4.47. The van der Waals surface area contributed by atoms with E-state index in [0.717, 1.165) is 27.6 Å². The molecule has 2 heterocycles. The Morgan fingerprint density at radius 3 is 2.45 bits per heavy atom. The third-order valence-corrected chi connectivity index (χ3v) is 4.20. The van der Waals surface area contributed by atoms with Gasteiger partial charge in [0.15, 0.2) is 0 Å². The Balaban J connectivity index is 1.92. The van der Waals surface area contributed by atoms with E-state index < -0.39 is 0 Å². The minimum Gasteiger partial charge on any atom is -0.360 e. The van der Waals surface area contributed by atoms with Crippen molar-refractivity contribution in [2.45, 2.75) is 26.8 Å². The molecule has 5 heteroatoms. The highest BCUT2D eigenvalue weighted by atomic mass is 32.1. The SMILES string of the molecule is Cc1cnc(C(C)Nc2nc3ccccc3nc2C)s1. The molecule has 0 aliphatic carbocycles. The normalized spacial score (nSPS) is 12.6. The van der Waals surface area contributed by atoms with E-state index in [0.29, 0.717) is 0 Å². The minimum absolute atomic E-state index is 0.128. The molecular formula is C15H16N4S. The third-order valence-electron chi connectivity index (χ3n) is 3.11. The van der Waals surface area contributed by atoms with Gasteiger partial charge in [0.1, 0.15) is 10.8 Å². The average Bonchev–Trinajstić information content (AvgIpc) is 2.86. The van der Waals surface area contributed by atoms with Crippen LogP contribution in [-0.2, 0) is 0 Å². The molecule has 0 fully saturated rings. The van der Waals surface area contributed by atoms with Gasteiger partial charge < -0.3 is 5.32 Å². The maximum Gasteiger partial charge on any atom is 0.148 e. The van der Waals surface area contributed by atoms with Crippen LogP contribution in [-0.4, -0.2) is 15.0 Å². The first-order valence-electron chi connectivity index (χ1n) is 6.56. The van der Waals surface area contributed by atoms with Crippen LogP contribution in [0, 0.1) is 13.8 Å². The standard InChI is InChI=1S/C15H16N4S/c1-9-8-16-15(20-9)11(3)18-14-10(2)17-12-6-4-5-7-13(12)19-14/h4-8,11H,1-3H3,(H,18,19). The Bertz CT molecular complexity index is 750. The number of aryl methyl sites for hydroxylation is 2. The zero-order valence-corrected chi connectivity index (χ0v) is 12.5. The van der Waals surface area contributed by atoms with E-state index in [2.05, 4.69) is 34.1 Å². The molecule has 0 saturated heterocycles. The molecule has 4 nitrogen and oxygen atoms in total. The monoisotopic (exact) mass is 284 g/mol. The topological polar surface area (TPSA) is 50.7 Å². The molecule has 0 radical (unpaired) electrons. The second-order valence-corrected chi connectivity index (χ2v) is 6.09. The number of nitrogens with one attached hydrogen (secondary N) is 1. The van der Waals surface area contributed by atoms with Crippen LogP contribution in [0.25, 0.3) is 11.0 Å². The van der Waals surface area contributed by atoms with Gasteiger partial charge >= 0.3 is 0 Å². The van der Waals surface area contributed by atoms with Gasteiger partial charge in [-0.2, -0.15) is 0 Å². The van der Waals surface area contributed by atoms with Crippen molar-refractivity contribution in [2.75, 3.05) is 5.32 Å². The fourth-order valence-corrected chi connectivity index (χ4v) is 2.84. The van der Waals surface area contributed by atoms with E-state index in [4.69, 9.17) is 0 Å². The first-order valence-corrected chi connectivity index (χ1v) is 7.37. The van der Waals surface area contributed by atoms with Gasteiger partial charge in [-0.05, 0) is 32.9 Å². The van der Waals surface area contributed by atoms with Gasteiger partial charge in [-0.1, -0.05) is 12.1 Å². The van der Waals surface area contributed by atoms with Crippen molar-refractivity contribution in [1.82, 2.24) is 15.0 Å². The van der Waals surface area contributed by atoms with Crippen molar-refractivity contribution < 1.29 is 0 Å². The van der Waals surface area contributed by atoms with Gasteiger partial charge in [0.25, 0.3) is 0 Å². The van der Waals surface area contributed by atoms with Gasteiger partial charge in [-0.15, -0.1) is 11.3 Å². The molecule has 20 heavy (non-hydrogen) atoms. The smallest absolute Gasteiger partial charge is 0.148 e. The van der Waals surface area contributed by atoms with E-state index in [9.17, 15) is 0 Å². The summed E-state index contributed by atoms with van der Waals surface area (Å²) in [6.45, 7) is 6.13. The van der Waals surface area contributed by atoms with Crippen LogP contribution in [0.5, 0.6) is 0 Å². The van der Waals surface area contributed by atoms with Gasteiger partial charge in [0.2, 0.25) is 0 Å². The summed E-state index contributed by atoms with van der Waals surface area (Å²) in [5.74, 6) is 0.823. The van der Waals surface area contributed by atoms with E-state index in [1.54, 1.807) is 11.3 Å². The number of aromatic nitrogens is 3. The lowest BCUT2D eigenvalue weighted by Gasteiger charge is -2.14. The quantitative estimate of drug-likeness (QED) is 0.793. The van der Waals surface area contributed by atoms with Crippen LogP contribution in [0.3, 0.4) is 0 Å². The van der Waals surface area contributed by atoms with E-state index in [1.807, 2.05) is 37.4 Å². The minimum atomic E-state index is 0.128. The van der Waals surface area contributed by atoms with Crippen LogP contribution in [0.15, 0.2) is 30.5 Å². The summed E-state index contributed by atoms with van der Waals surface area (Å²) >= 11 is 1.70. The fourth-order valence-electron chi connectivity index (χ4n) is 2.06. The molecule has 1 unspecified atom stereocenters. The number of fused-ring (bicyclic) bond motifs is 1. The predicted octanol–water partition coefficient (Wildman–Crippen LogP) is 3.88. The molecular weight excluding hydrogens is 268 g/mol. The van der Waals surface area contributed by atoms with E-state index in [1.165, 1.54) is 4.88 Å².